The number of thiophene rings is 1. The Morgan fingerprint density at radius 2 is 1.94 bits per heavy atom. The van der Waals surface area contributed by atoms with Crippen LogP contribution in [-0.2, 0) is 4.74 Å². The molecule has 8 heteroatoms. The molecule has 0 spiro atoms. The molecule has 0 bridgehead atoms. The second-order valence-electron chi connectivity index (χ2n) is 7.42. The van der Waals surface area contributed by atoms with Crippen molar-refractivity contribution in [1.29, 1.82) is 0 Å². The van der Waals surface area contributed by atoms with Crippen molar-refractivity contribution in [2.24, 2.45) is 0 Å². The number of hydrogen-bond donors (Lipinski definition) is 1. The van der Waals surface area contributed by atoms with Gasteiger partial charge in [-0.3, -0.25) is 0 Å². The molecule has 0 radical (unpaired) electrons. The highest BCUT2D eigenvalue weighted by atomic mass is 32.1. The molecular formula is C25H24FN3O3S. The van der Waals surface area contributed by atoms with Crippen molar-refractivity contribution in [3.63, 3.8) is 0 Å². The molecule has 0 atom stereocenters. The Morgan fingerprint density at radius 3 is 2.58 bits per heavy atom. The van der Waals surface area contributed by atoms with E-state index in [1.54, 1.807) is 32.5 Å². The van der Waals surface area contributed by atoms with E-state index in [0.717, 1.165) is 27.4 Å². The Balaban J connectivity index is 1.78. The lowest BCUT2D eigenvalue weighted by Crippen LogP contribution is -2.07. The number of nitrogens with one attached hydrogen (secondary N) is 1. The SMILES string of the molecule is CCOC(=O)c1c(Nc2ccc(F)cc2)sc(-c2ccc(-n3cnc(C)c3)c(OC)c2)c1C. The topological polar surface area (TPSA) is 65.4 Å². The quantitative estimate of drug-likeness (QED) is 0.325. The van der Waals surface area contributed by atoms with E-state index >= 15 is 0 Å². The largest absolute Gasteiger partial charge is 0.495 e. The van der Waals surface area contributed by atoms with E-state index in [-0.39, 0.29) is 12.4 Å². The van der Waals surface area contributed by atoms with Gasteiger partial charge in [-0.1, -0.05) is 6.07 Å². The van der Waals surface area contributed by atoms with Gasteiger partial charge < -0.3 is 19.4 Å². The van der Waals surface area contributed by atoms with Gasteiger partial charge in [-0.05, 0) is 68.3 Å². The lowest BCUT2D eigenvalue weighted by Gasteiger charge is -2.11. The third-order valence-corrected chi connectivity index (χ3v) is 6.42. The first-order chi connectivity index (χ1) is 15.9. The number of hydrogen-bond acceptors (Lipinski definition) is 6. The maximum atomic E-state index is 13.3. The first-order valence-electron chi connectivity index (χ1n) is 10.4. The van der Waals surface area contributed by atoms with Crippen LogP contribution in [0, 0.1) is 19.7 Å². The van der Waals surface area contributed by atoms with Crippen molar-refractivity contribution in [2.75, 3.05) is 19.0 Å². The highest BCUT2D eigenvalue weighted by Gasteiger charge is 2.24. The number of esters is 1. The van der Waals surface area contributed by atoms with Crippen LogP contribution in [0.15, 0.2) is 55.0 Å². The molecule has 2 heterocycles. The summed E-state index contributed by atoms with van der Waals surface area (Å²) < 4.78 is 26.2. The molecule has 2 aromatic carbocycles. The van der Waals surface area contributed by atoms with Crippen LogP contribution in [0.25, 0.3) is 16.1 Å². The van der Waals surface area contributed by atoms with Gasteiger partial charge in [0.1, 0.15) is 16.6 Å². The monoisotopic (exact) mass is 465 g/mol. The summed E-state index contributed by atoms with van der Waals surface area (Å²) in [5, 5.41) is 3.89. The summed E-state index contributed by atoms with van der Waals surface area (Å²) >= 11 is 1.44. The van der Waals surface area contributed by atoms with E-state index in [4.69, 9.17) is 9.47 Å². The summed E-state index contributed by atoms with van der Waals surface area (Å²) in [4.78, 5) is 18.0. The predicted molar refractivity (Wildman–Crippen MR) is 129 cm³/mol. The fourth-order valence-corrected chi connectivity index (χ4v) is 4.79. The minimum atomic E-state index is -0.403. The zero-order chi connectivity index (χ0) is 23.5. The minimum absolute atomic E-state index is 0.270. The van der Waals surface area contributed by atoms with Gasteiger partial charge in [-0.25, -0.2) is 14.2 Å². The number of carbonyl (C=O) groups excluding carboxylic acids is 1. The summed E-state index contributed by atoms with van der Waals surface area (Å²) in [5.74, 6) is -0.0440. The number of anilines is 2. The summed E-state index contributed by atoms with van der Waals surface area (Å²) in [5.41, 5.74) is 4.63. The second-order valence-corrected chi connectivity index (χ2v) is 8.44. The molecule has 0 amide bonds. The Kier molecular flexibility index (Phi) is 6.46. The number of aromatic nitrogens is 2. The van der Waals surface area contributed by atoms with Crippen molar-refractivity contribution < 1.29 is 18.7 Å². The third kappa shape index (κ3) is 4.61. The van der Waals surface area contributed by atoms with Crippen LogP contribution in [0.1, 0.15) is 28.5 Å². The third-order valence-electron chi connectivity index (χ3n) is 5.16. The predicted octanol–water partition coefficient (Wildman–Crippen LogP) is 6.29. The average molecular weight is 466 g/mol. The van der Waals surface area contributed by atoms with Crippen LogP contribution in [0.3, 0.4) is 0 Å². The second kappa shape index (κ2) is 9.46. The zero-order valence-electron chi connectivity index (χ0n) is 18.8. The van der Waals surface area contributed by atoms with Crippen molar-refractivity contribution in [3.05, 3.63) is 77.6 Å². The minimum Gasteiger partial charge on any atom is -0.495 e. The average Bonchev–Trinajstić information content (AvgIpc) is 3.38. The fourth-order valence-electron chi connectivity index (χ4n) is 3.58. The molecule has 0 saturated heterocycles. The normalized spacial score (nSPS) is 10.8. The summed E-state index contributed by atoms with van der Waals surface area (Å²) in [6.45, 7) is 5.87. The fraction of sp³-hybridized carbons (Fsp3) is 0.200. The van der Waals surface area contributed by atoms with Gasteiger partial charge in [0.2, 0.25) is 0 Å². The number of halogens is 1. The first kappa shape index (κ1) is 22.5. The molecule has 33 heavy (non-hydrogen) atoms. The zero-order valence-corrected chi connectivity index (χ0v) is 19.6. The van der Waals surface area contributed by atoms with E-state index in [9.17, 15) is 9.18 Å². The first-order valence-corrected chi connectivity index (χ1v) is 11.3. The van der Waals surface area contributed by atoms with Gasteiger partial charge in [0.05, 0.1) is 37.0 Å². The number of nitrogens with zero attached hydrogens (tertiary/aromatic N) is 2. The van der Waals surface area contributed by atoms with E-state index < -0.39 is 5.97 Å². The molecule has 0 fully saturated rings. The summed E-state index contributed by atoms with van der Waals surface area (Å²) in [6.07, 6.45) is 3.67. The Hall–Kier alpha value is -3.65. The maximum Gasteiger partial charge on any atom is 0.341 e. The molecule has 1 N–H and O–H groups in total. The molecule has 0 aliphatic rings. The van der Waals surface area contributed by atoms with Gasteiger partial charge in [0.15, 0.2) is 0 Å². The van der Waals surface area contributed by atoms with E-state index in [2.05, 4.69) is 10.3 Å². The van der Waals surface area contributed by atoms with Gasteiger partial charge in [0, 0.05) is 16.8 Å². The van der Waals surface area contributed by atoms with Gasteiger partial charge in [-0.2, -0.15) is 0 Å². The highest BCUT2D eigenvalue weighted by Crippen LogP contribution is 2.43. The Bertz CT molecular complexity index is 1290. The molecule has 4 aromatic rings. The van der Waals surface area contributed by atoms with Crippen molar-refractivity contribution in [2.45, 2.75) is 20.8 Å². The van der Waals surface area contributed by atoms with Crippen LogP contribution in [0.5, 0.6) is 5.75 Å². The van der Waals surface area contributed by atoms with Crippen LogP contribution < -0.4 is 10.1 Å². The van der Waals surface area contributed by atoms with Crippen molar-refractivity contribution >= 4 is 28.0 Å². The summed E-state index contributed by atoms with van der Waals surface area (Å²) in [6, 6.07) is 11.9. The number of imidazole rings is 1. The molecule has 6 nitrogen and oxygen atoms in total. The number of methoxy groups -OCH3 is 1. The Labute approximate surface area is 195 Å². The lowest BCUT2D eigenvalue weighted by molar-refractivity contribution is 0.0527. The number of rotatable bonds is 7. The summed E-state index contributed by atoms with van der Waals surface area (Å²) in [7, 11) is 1.62. The van der Waals surface area contributed by atoms with Crippen LogP contribution in [0.4, 0.5) is 15.1 Å². The van der Waals surface area contributed by atoms with Gasteiger partial charge >= 0.3 is 5.97 Å². The maximum absolute atomic E-state index is 13.3. The van der Waals surface area contributed by atoms with Gasteiger partial charge in [-0.15, -0.1) is 11.3 Å². The van der Waals surface area contributed by atoms with E-state index in [1.807, 2.05) is 42.8 Å². The number of ether oxygens (including phenoxy) is 2. The highest BCUT2D eigenvalue weighted by molar-refractivity contribution is 7.20. The van der Waals surface area contributed by atoms with Crippen LogP contribution in [0.2, 0.25) is 0 Å². The standard InChI is InChI=1S/C25H24FN3O3S/c1-5-32-25(30)22-16(3)23(33-24(22)28-19-9-7-18(26)8-10-19)17-6-11-20(21(12-17)31-4)29-13-15(2)27-14-29/h6-14,28H,5H2,1-4H3. The van der Waals surface area contributed by atoms with Crippen LogP contribution >= 0.6 is 11.3 Å². The number of carbonyl (C=O) groups is 1. The van der Waals surface area contributed by atoms with E-state index in [1.165, 1.54) is 23.5 Å². The molecule has 4 rings (SSSR count). The molecular weight excluding hydrogens is 441 g/mol. The molecule has 170 valence electrons. The molecule has 0 aliphatic carbocycles. The smallest absolute Gasteiger partial charge is 0.341 e. The van der Waals surface area contributed by atoms with E-state index in [0.29, 0.717) is 22.0 Å². The molecule has 0 unspecified atom stereocenters. The van der Waals surface area contributed by atoms with Gasteiger partial charge in [0.25, 0.3) is 0 Å². The lowest BCUT2D eigenvalue weighted by atomic mass is 10.1. The molecule has 0 aliphatic heterocycles. The molecule has 0 saturated carbocycles. The van der Waals surface area contributed by atoms with Crippen molar-refractivity contribution in [3.8, 4) is 21.9 Å². The Morgan fingerprint density at radius 1 is 1.18 bits per heavy atom. The van der Waals surface area contributed by atoms with Crippen LogP contribution in [-0.4, -0.2) is 29.2 Å². The number of benzene rings is 2. The van der Waals surface area contributed by atoms with Crippen molar-refractivity contribution in [1.82, 2.24) is 9.55 Å². The number of aryl methyl sites for hydroxylation is 1. The molecule has 2 aromatic heterocycles.